The number of nitrogens with zero attached hydrogens (tertiary/aromatic N) is 1. The quantitative estimate of drug-likeness (QED) is 0.639. The van der Waals surface area contributed by atoms with Crippen molar-refractivity contribution in [3.63, 3.8) is 0 Å². The van der Waals surface area contributed by atoms with E-state index in [9.17, 15) is 0 Å². The molecule has 0 aliphatic rings. The summed E-state index contributed by atoms with van der Waals surface area (Å²) in [5.41, 5.74) is 0. The van der Waals surface area contributed by atoms with Crippen molar-refractivity contribution in [3.8, 4) is 0 Å². The molecule has 0 saturated heterocycles. The van der Waals surface area contributed by atoms with Gasteiger partial charge in [0.2, 0.25) is 0 Å². The van der Waals surface area contributed by atoms with E-state index >= 15 is 0 Å². The minimum absolute atomic E-state index is 0. The van der Waals surface area contributed by atoms with Crippen LogP contribution < -0.4 is 0 Å². The van der Waals surface area contributed by atoms with Crippen molar-refractivity contribution in [2.45, 2.75) is 0 Å². The van der Waals surface area contributed by atoms with E-state index in [0.717, 1.165) is 12.3 Å². The van der Waals surface area contributed by atoms with Crippen LogP contribution in [-0.4, -0.2) is 18.6 Å². The normalized spacial score (nSPS) is 7.12. The Morgan fingerprint density at radius 2 is 2.38 bits per heavy atom. The maximum Gasteiger partial charge on any atom is 0 e. The molecule has 45 valence electrons. The summed E-state index contributed by atoms with van der Waals surface area (Å²) in [5.74, 6) is 1.10. The summed E-state index contributed by atoms with van der Waals surface area (Å²) in [4.78, 5) is 0. The van der Waals surface area contributed by atoms with E-state index in [4.69, 9.17) is 0 Å². The summed E-state index contributed by atoms with van der Waals surface area (Å²) in [6.45, 7) is 4.36. The molecule has 0 amide bonds. The molecule has 8 heavy (non-hydrogen) atoms. The summed E-state index contributed by atoms with van der Waals surface area (Å²) in [7, 11) is 0. The first kappa shape index (κ1) is 11.7. The molecule has 0 fully saturated rings. The third kappa shape index (κ3) is 10.1. The standard InChI is InChI=1S/C5H10NS.Y/c1-3-6-4-5-7-2;/h3H,1,4-5H2,2H3;/q-1;. The van der Waals surface area contributed by atoms with Gasteiger partial charge in [-0.1, -0.05) is 0 Å². The van der Waals surface area contributed by atoms with E-state index in [1.165, 1.54) is 0 Å². The Labute approximate surface area is 80.6 Å². The van der Waals surface area contributed by atoms with Crippen LogP contribution in [-0.2, 0) is 32.7 Å². The smallest absolute Gasteiger partial charge is 0 e. The average molecular weight is 205 g/mol. The maximum atomic E-state index is 3.90. The minimum Gasteiger partial charge on any atom is -0.690 e. The fraction of sp³-hybridized carbons (Fsp3) is 0.600. The molecule has 0 bridgehead atoms. The van der Waals surface area contributed by atoms with Gasteiger partial charge in [0.15, 0.2) is 0 Å². The molecule has 0 atom stereocenters. The molecule has 0 heterocycles. The maximum absolute atomic E-state index is 3.90. The Morgan fingerprint density at radius 3 is 2.75 bits per heavy atom. The van der Waals surface area contributed by atoms with Gasteiger partial charge in [-0.05, 0) is 12.0 Å². The van der Waals surface area contributed by atoms with Gasteiger partial charge in [0.25, 0.3) is 0 Å². The molecule has 0 saturated carbocycles. The number of hydrogen-bond donors (Lipinski definition) is 0. The minimum atomic E-state index is 0. The van der Waals surface area contributed by atoms with E-state index in [0.29, 0.717) is 0 Å². The Hall–Kier alpha value is 0.994. The Morgan fingerprint density at radius 1 is 1.75 bits per heavy atom. The first-order valence-electron chi connectivity index (χ1n) is 2.18. The van der Waals surface area contributed by atoms with Crippen LogP contribution in [0.25, 0.3) is 5.32 Å². The topological polar surface area (TPSA) is 14.1 Å². The average Bonchev–Trinajstić information content (AvgIpc) is 1.69. The molecule has 1 nitrogen and oxygen atoms in total. The zero-order chi connectivity index (χ0) is 5.54. The van der Waals surface area contributed by atoms with Crippen LogP contribution in [0.5, 0.6) is 0 Å². The van der Waals surface area contributed by atoms with Crippen molar-refractivity contribution < 1.29 is 32.7 Å². The van der Waals surface area contributed by atoms with Gasteiger partial charge in [0.05, 0.1) is 0 Å². The molecule has 0 rings (SSSR count). The molecule has 3 heteroatoms. The van der Waals surface area contributed by atoms with E-state index in [2.05, 4.69) is 18.2 Å². The molecule has 0 aromatic carbocycles. The zero-order valence-electron chi connectivity index (χ0n) is 5.13. The number of rotatable bonds is 4. The van der Waals surface area contributed by atoms with Gasteiger partial charge in [-0.3, -0.25) is 0 Å². The summed E-state index contributed by atoms with van der Waals surface area (Å²) in [5, 5.41) is 3.90. The van der Waals surface area contributed by atoms with Crippen molar-refractivity contribution in [2.75, 3.05) is 18.6 Å². The van der Waals surface area contributed by atoms with Crippen LogP contribution >= 0.6 is 11.8 Å². The molecule has 1 radical (unpaired) electrons. The van der Waals surface area contributed by atoms with Gasteiger partial charge in [0, 0.05) is 32.7 Å². The third-order valence-electron chi connectivity index (χ3n) is 0.554. The summed E-state index contributed by atoms with van der Waals surface area (Å²) < 4.78 is 0. The fourth-order valence-electron chi connectivity index (χ4n) is 0.235. The summed E-state index contributed by atoms with van der Waals surface area (Å²) >= 11 is 1.80. The van der Waals surface area contributed by atoms with Crippen molar-refractivity contribution in [3.05, 3.63) is 18.1 Å². The van der Waals surface area contributed by atoms with Crippen LogP contribution in [0.15, 0.2) is 12.8 Å². The predicted octanol–water partition coefficient (Wildman–Crippen LogP) is 1.86. The zero-order valence-corrected chi connectivity index (χ0v) is 8.79. The van der Waals surface area contributed by atoms with E-state index in [1.807, 2.05) is 0 Å². The third-order valence-corrected chi connectivity index (χ3v) is 1.14. The SMILES string of the molecule is C=C[N-]CCSC.[Y]. The van der Waals surface area contributed by atoms with Crippen molar-refractivity contribution in [1.82, 2.24) is 0 Å². The molecular weight excluding hydrogens is 195 g/mol. The Balaban J connectivity index is 0. The second-order valence-corrected chi connectivity index (χ2v) is 2.07. The molecule has 0 aromatic heterocycles. The molecule has 0 N–H and O–H groups in total. The summed E-state index contributed by atoms with van der Waals surface area (Å²) in [6, 6.07) is 0. The summed E-state index contributed by atoms with van der Waals surface area (Å²) in [6.07, 6.45) is 3.66. The van der Waals surface area contributed by atoms with Crippen LogP contribution in [0.1, 0.15) is 0 Å². The van der Waals surface area contributed by atoms with Crippen molar-refractivity contribution in [1.29, 1.82) is 0 Å². The second-order valence-electron chi connectivity index (χ2n) is 1.08. The first-order chi connectivity index (χ1) is 3.41. The predicted molar refractivity (Wildman–Crippen MR) is 36.8 cm³/mol. The molecule has 0 aromatic rings. The molecule has 0 unspecified atom stereocenters. The van der Waals surface area contributed by atoms with Crippen LogP contribution in [0.2, 0.25) is 0 Å². The van der Waals surface area contributed by atoms with Crippen LogP contribution in [0, 0.1) is 0 Å². The van der Waals surface area contributed by atoms with Crippen LogP contribution in [0.3, 0.4) is 0 Å². The van der Waals surface area contributed by atoms with Gasteiger partial charge in [-0.2, -0.15) is 18.0 Å². The molecule has 0 aliphatic heterocycles. The van der Waals surface area contributed by atoms with Gasteiger partial charge < -0.3 is 5.32 Å². The van der Waals surface area contributed by atoms with E-state index in [-0.39, 0.29) is 32.7 Å². The number of thioether (sulfide) groups is 1. The molecular formula is C5H10NSY-. The molecule has 0 aliphatic carbocycles. The number of hydrogen-bond acceptors (Lipinski definition) is 1. The van der Waals surface area contributed by atoms with Gasteiger partial charge in [-0.25, -0.2) is 0 Å². The molecule has 0 spiro atoms. The van der Waals surface area contributed by atoms with E-state index in [1.54, 1.807) is 18.0 Å². The van der Waals surface area contributed by atoms with E-state index < -0.39 is 0 Å². The van der Waals surface area contributed by atoms with Crippen LogP contribution in [0.4, 0.5) is 0 Å². The second kappa shape index (κ2) is 10.9. The Bertz CT molecular complexity index is 49.7. The monoisotopic (exact) mass is 205 g/mol. The fourth-order valence-corrected chi connectivity index (χ4v) is 0.523. The Kier molecular flexibility index (Phi) is 16.0. The first-order valence-corrected chi connectivity index (χ1v) is 3.57. The van der Waals surface area contributed by atoms with Crippen molar-refractivity contribution in [2.24, 2.45) is 0 Å². The van der Waals surface area contributed by atoms with Crippen molar-refractivity contribution >= 4 is 11.8 Å². The van der Waals surface area contributed by atoms with Gasteiger partial charge in [0.1, 0.15) is 0 Å². The van der Waals surface area contributed by atoms with Gasteiger partial charge in [-0.15, -0.1) is 13.1 Å². The van der Waals surface area contributed by atoms with Gasteiger partial charge >= 0.3 is 0 Å². The largest absolute Gasteiger partial charge is 0.690 e.